The summed E-state index contributed by atoms with van der Waals surface area (Å²) in [5, 5.41) is 18.5. The Kier molecular flexibility index (Phi) is 5.25. The molecule has 0 saturated carbocycles. The van der Waals surface area contributed by atoms with Gasteiger partial charge < -0.3 is 16.2 Å². The summed E-state index contributed by atoms with van der Waals surface area (Å²) >= 11 is 0. The first kappa shape index (κ1) is 14.1. The van der Waals surface area contributed by atoms with E-state index in [1.807, 2.05) is 6.92 Å². The van der Waals surface area contributed by atoms with Crippen LogP contribution in [0, 0.1) is 5.92 Å². The van der Waals surface area contributed by atoms with Crippen LogP contribution in [-0.4, -0.2) is 45.1 Å². The van der Waals surface area contributed by atoms with Crippen molar-refractivity contribution in [3.8, 4) is 0 Å². The van der Waals surface area contributed by atoms with Crippen molar-refractivity contribution in [2.45, 2.75) is 19.9 Å². The highest BCUT2D eigenvalue weighted by Gasteiger charge is 2.13. The van der Waals surface area contributed by atoms with Crippen molar-refractivity contribution in [1.29, 1.82) is 0 Å². The lowest BCUT2D eigenvalue weighted by molar-refractivity contribution is -0.124. The van der Waals surface area contributed by atoms with Crippen molar-refractivity contribution in [1.82, 2.24) is 20.3 Å². The Morgan fingerprint density at radius 2 is 2.33 bits per heavy atom. The molecule has 0 aromatic carbocycles. The SMILES string of the molecule is CCC(CN)C(=O)NCCn1cc(C(=O)O)nn1. The quantitative estimate of drug-likeness (QED) is 0.579. The van der Waals surface area contributed by atoms with Crippen LogP contribution in [0.4, 0.5) is 0 Å². The Balaban J connectivity index is 2.37. The Morgan fingerprint density at radius 3 is 2.83 bits per heavy atom. The summed E-state index contributed by atoms with van der Waals surface area (Å²) in [5.41, 5.74) is 5.33. The molecule has 0 radical (unpaired) electrons. The van der Waals surface area contributed by atoms with E-state index in [4.69, 9.17) is 10.8 Å². The second kappa shape index (κ2) is 6.70. The number of nitrogens with zero attached hydrogens (tertiary/aromatic N) is 3. The number of carbonyl (C=O) groups excluding carboxylic acids is 1. The largest absolute Gasteiger partial charge is 0.476 e. The zero-order valence-corrected chi connectivity index (χ0v) is 10.2. The normalized spacial score (nSPS) is 12.1. The third kappa shape index (κ3) is 3.81. The van der Waals surface area contributed by atoms with Crippen LogP contribution in [0.5, 0.6) is 0 Å². The van der Waals surface area contributed by atoms with Crippen molar-refractivity contribution in [3.05, 3.63) is 11.9 Å². The van der Waals surface area contributed by atoms with Gasteiger partial charge in [-0.25, -0.2) is 9.48 Å². The van der Waals surface area contributed by atoms with Gasteiger partial charge in [-0.15, -0.1) is 5.10 Å². The number of aromatic carboxylic acids is 1. The molecule has 1 aromatic rings. The van der Waals surface area contributed by atoms with Gasteiger partial charge in [0.25, 0.3) is 0 Å². The molecular formula is C10H17N5O3. The molecule has 0 aliphatic heterocycles. The number of hydrogen-bond acceptors (Lipinski definition) is 5. The second-order valence-corrected chi connectivity index (χ2v) is 3.80. The number of nitrogens with two attached hydrogens (primary N) is 1. The molecule has 1 rings (SSSR count). The van der Waals surface area contributed by atoms with Crippen molar-refractivity contribution in [2.75, 3.05) is 13.1 Å². The highest BCUT2D eigenvalue weighted by atomic mass is 16.4. The van der Waals surface area contributed by atoms with Crippen LogP contribution in [0.25, 0.3) is 0 Å². The van der Waals surface area contributed by atoms with Crippen LogP contribution < -0.4 is 11.1 Å². The summed E-state index contributed by atoms with van der Waals surface area (Å²) in [7, 11) is 0. The van der Waals surface area contributed by atoms with Crippen LogP contribution >= 0.6 is 0 Å². The maximum atomic E-state index is 11.6. The number of nitrogens with one attached hydrogen (secondary N) is 1. The van der Waals surface area contributed by atoms with E-state index in [0.29, 0.717) is 26.1 Å². The third-order valence-corrected chi connectivity index (χ3v) is 2.55. The molecule has 18 heavy (non-hydrogen) atoms. The Labute approximate surface area is 104 Å². The summed E-state index contributed by atoms with van der Waals surface area (Å²) < 4.78 is 1.37. The zero-order valence-electron chi connectivity index (χ0n) is 10.2. The van der Waals surface area contributed by atoms with Gasteiger partial charge in [-0.3, -0.25) is 4.79 Å². The molecule has 0 aliphatic rings. The van der Waals surface area contributed by atoms with Crippen LogP contribution in [0.1, 0.15) is 23.8 Å². The monoisotopic (exact) mass is 255 g/mol. The second-order valence-electron chi connectivity index (χ2n) is 3.80. The summed E-state index contributed by atoms with van der Waals surface area (Å²) in [6.07, 6.45) is 2.00. The molecule has 100 valence electrons. The molecule has 0 fully saturated rings. The first-order chi connectivity index (χ1) is 8.58. The molecule has 1 amide bonds. The smallest absolute Gasteiger partial charge is 0.358 e. The molecule has 1 atom stereocenters. The lowest BCUT2D eigenvalue weighted by atomic mass is 10.1. The van der Waals surface area contributed by atoms with Gasteiger partial charge >= 0.3 is 5.97 Å². The summed E-state index contributed by atoms with van der Waals surface area (Å²) in [4.78, 5) is 22.1. The predicted molar refractivity (Wildman–Crippen MR) is 62.8 cm³/mol. The lowest BCUT2D eigenvalue weighted by Gasteiger charge is -2.12. The van der Waals surface area contributed by atoms with E-state index in [1.165, 1.54) is 10.9 Å². The molecule has 0 spiro atoms. The fraction of sp³-hybridized carbons (Fsp3) is 0.600. The number of carbonyl (C=O) groups is 2. The standard InChI is InChI=1S/C10H17N5O3/c1-2-7(5-11)9(16)12-3-4-15-6-8(10(17)18)13-14-15/h6-7H,2-5,11H2,1H3,(H,12,16)(H,17,18). The first-order valence-corrected chi connectivity index (χ1v) is 5.69. The molecule has 0 bridgehead atoms. The first-order valence-electron chi connectivity index (χ1n) is 5.69. The molecule has 1 heterocycles. The van der Waals surface area contributed by atoms with Gasteiger partial charge in [-0.2, -0.15) is 0 Å². The Bertz CT molecular complexity index is 413. The molecule has 1 aromatic heterocycles. The minimum absolute atomic E-state index is 0.0985. The highest BCUT2D eigenvalue weighted by molar-refractivity contribution is 5.84. The van der Waals surface area contributed by atoms with Gasteiger partial charge in [0.05, 0.1) is 12.7 Å². The van der Waals surface area contributed by atoms with E-state index in [0.717, 1.165) is 0 Å². The van der Waals surface area contributed by atoms with Crippen molar-refractivity contribution in [2.24, 2.45) is 11.7 Å². The average molecular weight is 255 g/mol. The van der Waals surface area contributed by atoms with Gasteiger partial charge in [-0.1, -0.05) is 12.1 Å². The molecule has 1 unspecified atom stereocenters. The van der Waals surface area contributed by atoms with Crippen LogP contribution in [0.3, 0.4) is 0 Å². The summed E-state index contributed by atoms with van der Waals surface area (Å²) in [5.74, 6) is -1.41. The molecular weight excluding hydrogens is 238 g/mol. The minimum atomic E-state index is -1.13. The summed E-state index contributed by atoms with van der Waals surface area (Å²) in [6, 6.07) is 0. The molecule has 8 heteroatoms. The topological polar surface area (TPSA) is 123 Å². The fourth-order valence-corrected chi connectivity index (χ4v) is 1.40. The van der Waals surface area contributed by atoms with Crippen LogP contribution in [0.2, 0.25) is 0 Å². The van der Waals surface area contributed by atoms with Crippen molar-refractivity contribution in [3.63, 3.8) is 0 Å². The number of amides is 1. The van der Waals surface area contributed by atoms with E-state index in [2.05, 4.69) is 15.6 Å². The maximum absolute atomic E-state index is 11.6. The number of aromatic nitrogens is 3. The third-order valence-electron chi connectivity index (χ3n) is 2.55. The van der Waals surface area contributed by atoms with Gasteiger partial charge in [0.2, 0.25) is 5.91 Å². The van der Waals surface area contributed by atoms with Gasteiger partial charge in [-0.05, 0) is 6.42 Å². The number of carboxylic acid groups (broad SMARTS) is 1. The fourth-order valence-electron chi connectivity index (χ4n) is 1.40. The van der Waals surface area contributed by atoms with E-state index in [1.54, 1.807) is 0 Å². The lowest BCUT2D eigenvalue weighted by Crippen LogP contribution is -2.36. The Morgan fingerprint density at radius 1 is 1.61 bits per heavy atom. The van der Waals surface area contributed by atoms with Crippen LogP contribution in [0.15, 0.2) is 6.20 Å². The van der Waals surface area contributed by atoms with Gasteiger partial charge in [0.15, 0.2) is 5.69 Å². The molecule has 4 N–H and O–H groups in total. The van der Waals surface area contributed by atoms with Crippen LogP contribution in [-0.2, 0) is 11.3 Å². The zero-order chi connectivity index (χ0) is 13.5. The molecule has 0 saturated heterocycles. The number of carboxylic acids is 1. The van der Waals surface area contributed by atoms with E-state index >= 15 is 0 Å². The van der Waals surface area contributed by atoms with E-state index < -0.39 is 5.97 Å². The summed E-state index contributed by atoms with van der Waals surface area (Å²) in [6.45, 7) is 2.94. The highest BCUT2D eigenvalue weighted by Crippen LogP contribution is 1.99. The predicted octanol–water partition coefficient (Wildman–Crippen LogP) is -0.923. The van der Waals surface area contributed by atoms with Gasteiger partial charge in [0.1, 0.15) is 0 Å². The molecule has 0 aliphatic carbocycles. The Hall–Kier alpha value is -1.96. The number of hydrogen-bond donors (Lipinski definition) is 3. The van der Waals surface area contributed by atoms with E-state index in [9.17, 15) is 9.59 Å². The maximum Gasteiger partial charge on any atom is 0.358 e. The minimum Gasteiger partial charge on any atom is -0.476 e. The van der Waals surface area contributed by atoms with Crippen molar-refractivity contribution >= 4 is 11.9 Å². The molecule has 8 nitrogen and oxygen atoms in total. The van der Waals surface area contributed by atoms with Gasteiger partial charge in [0, 0.05) is 19.0 Å². The average Bonchev–Trinajstić information content (AvgIpc) is 2.79. The number of rotatable bonds is 7. The van der Waals surface area contributed by atoms with Crippen molar-refractivity contribution < 1.29 is 14.7 Å². The van der Waals surface area contributed by atoms with E-state index in [-0.39, 0.29) is 17.5 Å².